The van der Waals surface area contributed by atoms with E-state index in [0.29, 0.717) is 45.5 Å². The average molecular weight is 620 g/mol. The molecule has 0 fully saturated rings. The summed E-state index contributed by atoms with van der Waals surface area (Å²) >= 11 is 8.71. The Labute approximate surface area is 245 Å². The molecule has 0 bridgehead atoms. The second-order valence-electron chi connectivity index (χ2n) is 8.18. The van der Waals surface area contributed by atoms with Gasteiger partial charge in [0.25, 0.3) is 5.91 Å². The summed E-state index contributed by atoms with van der Waals surface area (Å²) in [6, 6.07) is 12.8. The van der Waals surface area contributed by atoms with Crippen LogP contribution >= 0.6 is 34.7 Å². The Bertz CT molecular complexity index is 1570. The molecule has 0 spiro atoms. The van der Waals surface area contributed by atoms with Crippen molar-refractivity contribution in [3.63, 3.8) is 0 Å². The zero-order valence-corrected chi connectivity index (χ0v) is 24.8. The zero-order valence-electron chi connectivity index (χ0n) is 21.6. The molecule has 0 unspecified atom stereocenters. The molecule has 4 rings (SSSR count). The molecule has 2 aromatic heterocycles. The van der Waals surface area contributed by atoms with E-state index in [0.717, 1.165) is 0 Å². The van der Waals surface area contributed by atoms with Crippen LogP contribution in [0.5, 0.6) is 0 Å². The molecule has 0 atom stereocenters. The molecule has 11 nitrogen and oxygen atoms in total. The van der Waals surface area contributed by atoms with E-state index in [1.54, 1.807) is 48.2 Å². The number of hydrogen-bond donors (Lipinski definition) is 2. The normalized spacial score (nSPS) is 11.5. The number of rotatable bonds is 12. The van der Waals surface area contributed by atoms with E-state index in [2.05, 4.69) is 25.8 Å². The van der Waals surface area contributed by atoms with E-state index in [4.69, 9.17) is 11.6 Å². The van der Waals surface area contributed by atoms with Crippen LogP contribution in [0.15, 0.2) is 70.2 Å². The first-order valence-electron chi connectivity index (χ1n) is 12.1. The van der Waals surface area contributed by atoms with Crippen LogP contribution in [0, 0.1) is 0 Å². The third-order valence-corrected chi connectivity index (χ3v) is 9.56. The van der Waals surface area contributed by atoms with Gasteiger partial charge in [-0.2, -0.15) is 4.31 Å². The molecule has 2 aromatic carbocycles. The highest BCUT2D eigenvalue weighted by Crippen LogP contribution is 2.25. The van der Waals surface area contributed by atoms with Gasteiger partial charge in [0.15, 0.2) is 16.1 Å². The molecule has 210 valence electrons. The van der Waals surface area contributed by atoms with Crippen molar-refractivity contribution >= 4 is 61.7 Å². The molecular formula is C25H26ClN7O4S3. The Balaban J connectivity index is 1.48. The van der Waals surface area contributed by atoms with Gasteiger partial charge in [0, 0.05) is 35.3 Å². The van der Waals surface area contributed by atoms with Crippen LogP contribution in [-0.2, 0) is 21.4 Å². The van der Waals surface area contributed by atoms with Gasteiger partial charge < -0.3 is 10.6 Å². The van der Waals surface area contributed by atoms with Crippen molar-refractivity contribution in [1.29, 1.82) is 0 Å². The topological polar surface area (TPSA) is 139 Å². The maximum absolute atomic E-state index is 12.9. The molecule has 2 N–H and O–H groups in total. The molecule has 0 aliphatic heterocycles. The largest absolute Gasteiger partial charge is 0.345 e. The van der Waals surface area contributed by atoms with Crippen molar-refractivity contribution in [2.75, 3.05) is 24.2 Å². The van der Waals surface area contributed by atoms with Gasteiger partial charge in [-0.25, -0.2) is 13.4 Å². The molecular weight excluding hydrogens is 594 g/mol. The summed E-state index contributed by atoms with van der Waals surface area (Å²) in [5.74, 6) is -0.182. The van der Waals surface area contributed by atoms with E-state index >= 15 is 0 Å². The first-order chi connectivity index (χ1) is 19.2. The van der Waals surface area contributed by atoms with Crippen LogP contribution in [-0.4, -0.2) is 63.1 Å². The smallest absolute Gasteiger partial charge is 0.251 e. The fraction of sp³-hybridized carbons (Fsp3) is 0.240. The highest BCUT2D eigenvalue weighted by molar-refractivity contribution is 7.99. The van der Waals surface area contributed by atoms with Crippen molar-refractivity contribution in [3.05, 3.63) is 76.5 Å². The van der Waals surface area contributed by atoms with Crippen LogP contribution in [0.2, 0.25) is 5.02 Å². The zero-order chi connectivity index (χ0) is 28.7. The van der Waals surface area contributed by atoms with Gasteiger partial charge in [-0.05, 0) is 42.5 Å². The Hall–Kier alpha value is -3.30. The number of anilines is 1. The fourth-order valence-corrected chi connectivity index (χ4v) is 6.66. The maximum Gasteiger partial charge on any atom is 0.251 e. The van der Waals surface area contributed by atoms with E-state index < -0.39 is 15.9 Å². The molecule has 2 heterocycles. The number of halogens is 1. The average Bonchev–Trinajstić information content (AvgIpc) is 3.61. The number of thioether (sulfide) groups is 1. The lowest BCUT2D eigenvalue weighted by molar-refractivity contribution is -0.113. The van der Waals surface area contributed by atoms with Crippen LogP contribution < -0.4 is 10.6 Å². The SMILES string of the molecule is CCN(CC)S(=O)(=O)c1ccc(C(=O)NCc2nnc(SCC(=O)Nc3nccs3)n2-c2cccc(Cl)c2)cc1. The second kappa shape index (κ2) is 13.4. The van der Waals surface area contributed by atoms with Gasteiger partial charge in [0.2, 0.25) is 15.9 Å². The third kappa shape index (κ3) is 7.06. The summed E-state index contributed by atoms with van der Waals surface area (Å²) in [6.07, 6.45) is 1.60. The minimum Gasteiger partial charge on any atom is -0.345 e. The Morgan fingerprint density at radius 3 is 2.50 bits per heavy atom. The van der Waals surface area contributed by atoms with Gasteiger partial charge in [-0.1, -0.05) is 43.3 Å². The number of nitrogens with one attached hydrogen (secondary N) is 2. The number of sulfonamides is 1. The van der Waals surface area contributed by atoms with Crippen LogP contribution in [0.25, 0.3) is 5.69 Å². The molecule has 40 heavy (non-hydrogen) atoms. The summed E-state index contributed by atoms with van der Waals surface area (Å²) in [6.45, 7) is 4.26. The van der Waals surface area contributed by atoms with Gasteiger partial charge in [-0.3, -0.25) is 14.2 Å². The van der Waals surface area contributed by atoms with Gasteiger partial charge in [-0.15, -0.1) is 21.5 Å². The Morgan fingerprint density at radius 2 is 1.85 bits per heavy atom. The lowest BCUT2D eigenvalue weighted by Gasteiger charge is -2.18. The molecule has 0 radical (unpaired) electrons. The van der Waals surface area contributed by atoms with E-state index in [1.165, 1.54) is 51.7 Å². The number of aromatic nitrogens is 4. The van der Waals surface area contributed by atoms with Gasteiger partial charge in [0.05, 0.1) is 22.9 Å². The van der Waals surface area contributed by atoms with Gasteiger partial charge in [0.1, 0.15) is 0 Å². The Kier molecular flexibility index (Phi) is 9.92. The number of nitrogens with zero attached hydrogens (tertiary/aromatic N) is 5. The van der Waals surface area contributed by atoms with Crippen molar-refractivity contribution < 1.29 is 18.0 Å². The number of carbonyl (C=O) groups excluding carboxylic acids is 2. The number of amides is 2. The van der Waals surface area contributed by atoms with Crippen molar-refractivity contribution in [2.45, 2.75) is 30.4 Å². The molecule has 0 saturated heterocycles. The molecule has 0 aliphatic carbocycles. The highest BCUT2D eigenvalue weighted by atomic mass is 35.5. The maximum atomic E-state index is 12.9. The van der Waals surface area contributed by atoms with Gasteiger partial charge >= 0.3 is 0 Å². The number of hydrogen-bond acceptors (Lipinski definition) is 9. The first kappa shape index (κ1) is 29.7. The van der Waals surface area contributed by atoms with Crippen LogP contribution in [0.1, 0.15) is 30.0 Å². The third-order valence-electron chi connectivity index (χ3n) is 5.64. The molecule has 4 aromatic rings. The summed E-state index contributed by atoms with van der Waals surface area (Å²) in [7, 11) is -3.63. The summed E-state index contributed by atoms with van der Waals surface area (Å²) < 4.78 is 28.5. The lowest BCUT2D eigenvalue weighted by Crippen LogP contribution is -2.30. The minimum atomic E-state index is -3.63. The fourth-order valence-electron chi connectivity index (χ4n) is 3.71. The van der Waals surface area contributed by atoms with Crippen molar-refractivity contribution in [3.8, 4) is 5.69 Å². The Morgan fingerprint density at radius 1 is 1.10 bits per heavy atom. The monoisotopic (exact) mass is 619 g/mol. The summed E-state index contributed by atoms with van der Waals surface area (Å²) in [4.78, 5) is 29.4. The molecule has 15 heteroatoms. The quantitative estimate of drug-likeness (QED) is 0.226. The predicted molar refractivity (Wildman–Crippen MR) is 156 cm³/mol. The number of benzene rings is 2. The first-order valence-corrected chi connectivity index (χ1v) is 15.8. The second-order valence-corrected chi connectivity index (χ2v) is 12.4. The lowest BCUT2D eigenvalue weighted by atomic mass is 10.2. The number of thiazole rings is 1. The summed E-state index contributed by atoms with van der Waals surface area (Å²) in [5.41, 5.74) is 0.955. The van der Waals surface area contributed by atoms with E-state index in [-0.39, 0.29) is 23.1 Å². The van der Waals surface area contributed by atoms with Crippen molar-refractivity contribution in [2.24, 2.45) is 0 Å². The standard InChI is InChI=1S/C25H26ClN7O4S3/c1-3-32(4-2)40(36,37)20-10-8-17(9-11-20)23(35)28-15-21-30-31-25(33(21)19-7-5-6-18(26)14-19)39-16-22(34)29-24-27-12-13-38-24/h5-14H,3-4,15-16H2,1-2H3,(H,28,35)(H,27,29,34). The number of carbonyl (C=O) groups is 2. The molecule has 0 saturated carbocycles. The molecule has 2 amide bonds. The van der Waals surface area contributed by atoms with Crippen LogP contribution in [0.3, 0.4) is 0 Å². The minimum absolute atomic E-state index is 0.0176. The van der Waals surface area contributed by atoms with Crippen molar-refractivity contribution in [1.82, 2.24) is 29.4 Å². The highest BCUT2D eigenvalue weighted by Gasteiger charge is 2.22. The van der Waals surface area contributed by atoms with E-state index in [1.807, 2.05) is 6.07 Å². The predicted octanol–water partition coefficient (Wildman–Crippen LogP) is 4.07. The van der Waals surface area contributed by atoms with E-state index in [9.17, 15) is 18.0 Å². The molecule has 0 aliphatic rings. The summed E-state index contributed by atoms with van der Waals surface area (Å²) in [5, 5.41) is 17.2. The van der Waals surface area contributed by atoms with Crippen LogP contribution in [0.4, 0.5) is 5.13 Å².